The van der Waals surface area contributed by atoms with Crippen molar-refractivity contribution in [2.75, 3.05) is 21.3 Å². The van der Waals surface area contributed by atoms with Crippen LogP contribution in [0.4, 0.5) is 0 Å². The van der Waals surface area contributed by atoms with E-state index in [-0.39, 0.29) is 16.2 Å². The molecule has 0 fully saturated rings. The van der Waals surface area contributed by atoms with E-state index in [1.165, 1.54) is 0 Å². The molecular formula is C33H43O6P. The summed E-state index contributed by atoms with van der Waals surface area (Å²) in [4.78, 5) is 0. The van der Waals surface area contributed by atoms with Crippen molar-refractivity contribution in [1.82, 2.24) is 0 Å². The molecule has 1 aromatic heterocycles. The highest BCUT2D eigenvalue weighted by atomic mass is 31.1. The van der Waals surface area contributed by atoms with Gasteiger partial charge >= 0.3 is 8.24 Å². The second-order valence-corrected chi connectivity index (χ2v) is 14.2. The molecule has 0 aliphatic heterocycles. The molecule has 3 aromatic carbocycles. The second kappa shape index (κ2) is 10.6. The van der Waals surface area contributed by atoms with Crippen LogP contribution in [-0.4, -0.2) is 21.3 Å². The van der Waals surface area contributed by atoms with E-state index in [1.54, 1.807) is 21.3 Å². The molecule has 0 atom stereocenters. The summed E-state index contributed by atoms with van der Waals surface area (Å²) in [5.74, 6) is 2.96. The third kappa shape index (κ3) is 5.93. The summed E-state index contributed by atoms with van der Waals surface area (Å²) in [6, 6.07) is 13.9. The van der Waals surface area contributed by atoms with Crippen LogP contribution in [0.5, 0.6) is 23.0 Å². The van der Waals surface area contributed by atoms with E-state index in [9.17, 15) is 0 Å². The van der Waals surface area contributed by atoms with E-state index in [2.05, 4.69) is 62.3 Å². The van der Waals surface area contributed by atoms with Crippen LogP contribution < -0.4 is 18.7 Å². The lowest BCUT2D eigenvalue weighted by atomic mass is 9.84. The van der Waals surface area contributed by atoms with Crippen LogP contribution >= 0.6 is 8.24 Å². The maximum Gasteiger partial charge on any atom is 0.453 e. The van der Waals surface area contributed by atoms with Gasteiger partial charge in [0.1, 0.15) is 34.2 Å². The molecule has 0 saturated heterocycles. The molecule has 0 aliphatic carbocycles. The van der Waals surface area contributed by atoms with Crippen molar-refractivity contribution >= 4 is 30.2 Å². The van der Waals surface area contributed by atoms with Gasteiger partial charge in [-0.15, -0.1) is 0 Å². The molecule has 4 rings (SSSR count). The van der Waals surface area contributed by atoms with Crippen molar-refractivity contribution in [1.29, 1.82) is 0 Å². The summed E-state index contributed by atoms with van der Waals surface area (Å²) in [7, 11) is 3.13. The summed E-state index contributed by atoms with van der Waals surface area (Å²) >= 11 is 0. The Balaban J connectivity index is 2.19. The molecule has 40 heavy (non-hydrogen) atoms. The summed E-state index contributed by atoms with van der Waals surface area (Å²) in [5, 5.41) is 1.76. The lowest BCUT2D eigenvalue weighted by Crippen LogP contribution is -2.12. The van der Waals surface area contributed by atoms with Gasteiger partial charge in [-0.1, -0.05) is 62.3 Å². The topological polar surface area (TPSA) is 63.2 Å². The quantitative estimate of drug-likeness (QED) is 0.239. The van der Waals surface area contributed by atoms with Crippen LogP contribution in [0.3, 0.4) is 0 Å². The molecule has 1 heterocycles. The Morgan fingerprint density at radius 1 is 0.525 bits per heavy atom. The van der Waals surface area contributed by atoms with E-state index in [0.717, 1.165) is 55.9 Å². The maximum absolute atomic E-state index is 6.76. The molecule has 4 aromatic rings. The molecule has 0 bridgehead atoms. The highest BCUT2D eigenvalue weighted by Crippen LogP contribution is 2.47. The van der Waals surface area contributed by atoms with Gasteiger partial charge in [-0.05, 0) is 58.7 Å². The first kappa shape index (κ1) is 29.7. The maximum atomic E-state index is 6.76. The van der Waals surface area contributed by atoms with Crippen LogP contribution in [0.1, 0.15) is 79.0 Å². The highest BCUT2D eigenvalue weighted by molar-refractivity contribution is 7.32. The van der Waals surface area contributed by atoms with E-state index in [4.69, 9.17) is 27.1 Å². The zero-order valence-corrected chi connectivity index (χ0v) is 26.8. The zero-order valence-electron chi connectivity index (χ0n) is 25.9. The molecule has 6 nitrogen and oxygen atoms in total. The van der Waals surface area contributed by atoms with E-state index in [0.29, 0.717) is 5.75 Å². The van der Waals surface area contributed by atoms with Crippen molar-refractivity contribution < 1.29 is 27.1 Å². The van der Waals surface area contributed by atoms with Gasteiger partial charge in [0.25, 0.3) is 0 Å². The van der Waals surface area contributed by atoms with Crippen molar-refractivity contribution in [3.8, 4) is 23.0 Å². The fraction of sp³-hybridized carbons (Fsp3) is 0.455. The molecule has 216 valence electrons. The Morgan fingerprint density at radius 3 is 1.30 bits per heavy atom. The number of fused-ring (bicyclic) bond motifs is 3. The molecule has 7 heteroatoms. The first-order valence-electron chi connectivity index (χ1n) is 13.5. The van der Waals surface area contributed by atoms with Crippen LogP contribution in [0, 0.1) is 0 Å². The van der Waals surface area contributed by atoms with Gasteiger partial charge in [-0.2, -0.15) is 0 Å². The van der Waals surface area contributed by atoms with Crippen molar-refractivity contribution in [3.63, 3.8) is 0 Å². The molecule has 0 amide bonds. The predicted molar refractivity (Wildman–Crippen MR) is 165 cm³/mol. The van der Waals surface area contributed by atoms with Gasteiger partial charge in [-0.3, -0.25) is 0 Å². The smallest absolute Gasteiger partial charge is 0.453 e. The third-order valence-corrected chi connectivity index (χ3v) is 8.01. The van der Waals surface area contributed by atoms with Gasteiger partial charge in [0.15, 0.2) is 0 Å². The molecule has 0 unspecified atom stereocenters. The average molecular weight is 567 g/mol. The van der Waals surface area contributed by atoms with Gasteiger partial charge in [0, 0.05) is 27.5 Å². The number of ether oxygens (including phenoxy) is 3. The summed E-state index contributed by atoms with van der Waals surface area (Å²) < 4.78 is 37.2. The van der Waals surface area contributed by atoms with E-state index >= 15 is 0 Å². The van der Waals surface area contributed by atoms with Crippen molar-refractivity contribution in [3.05, 3.63) is 59.2 Å². The van der Waals surface area contributed by atoms with Gasteiger partial charge in [0.05, 0.1) is 21.3 Å². The summed E-state index contributed by atoms with van der Waals surface area (Å²) in [6.07, 6.45) is 0. The highest BCUT2D eigenvalue weighted by Gasteiger charge is 2.27. The van der Waals surface area contributed by atoms with E-state index in [1.807, 2.05) is 42.5 Å². The Labute approximate surface area is 239 Å². The minimum atomic E-state index is -1.90. The number of methoxy groups -OCH3 is 3. The molecular weight excluding hydrogens is 523 g/mol. The first-order chi connectivity index (χ1) is 18.6. The second-order valence-electron chi connectivity index (χ2n) is 13.2. The minimum Gasteiger partial charge on any atom is -0.497 e. The number of benzene rings is 3. The van der Waals surface area contributed by atoms with Gasteiger partial charge in [-0.25, -0.2) is 0 Å². The number of rotatable bonds is 5. The fourth-order valence-corrected chi connectivity index (χ4v) is 5.86. The third-order valence-electron chi connectivity index (χ3n) is 7.00. The molecule has 0 aliphatic rings. The monoisotopic (exact) mass is 566 g/mol. The molecule has 0 saturated carbocycles. The number of hydrogen-bond donors (Lipinski definition) is 0. The van der Waals surface area contributed by atoms with Crippen LogP contribution in [0.15, 0.2) is 50.9 Å². The lowest BCUT2D eigenvalue weighted by molar-refractivity contribution is 0.409. The Morgan fingerprint density at radius 2 is 0.925 bits per heavy atom. The standard InChI is InChI=1S/C33H43O6P/c1-31(2,3)25-17-20(34-10)13-14-28(25)37-40-38-29-23(15-21(35-11)18-26(29)32(4,5)6)24-16-22(36-12)19-27(30(24)39-40)33(7,8)9/h13-19H,1-12H3. The molecule has 0 N–H and O–H groups in total. The van der Waals surface area contributed by atoms with Crippen LogP contribution in [0.2, 0.25) is 0 Å². The SMILES string of the molecule is COc1ccc(Op2oc3c(C(C)(C)C)cc(OC)cc3c3cc(OC)cc(C(C)(C)C)c3o2)c(C(C)(C)C)c1. The largest absolute Gasteiger partial charge is 0.497 e. The Kier molecular flexibility index (Phi) is 7.90. The van der Waals surface area contributed by atoms with Gasteiger partial charge in [0.2, 0.25) is 0 Å². The molecule has 0 spiro atoms. The summed E-state index contributed by atoms with van der Waals surface area (Å²) in [6.45, 7) is 19.4. The zero-order chi connectivity index (χ0) is 29.6. The molecule has 0 radical (unpaired) electrons. The normalized spacial score (nSPS) is 12.5. The van der Waals surface area contributed by atoms with Crippen molar-refractivity contribution in [2.45, 2.75) is 78.6 Å². The average Bonchev–Trinajstić information content (AvgIpc) is 3.02. The van der Waals surface area contributed by atoms with Crippen LogP contribution in [-0.2, 0) is 16.2 Å². The Bertz CT molecular complexity index is 1500. The van der Waals surface area contributed by atoms with E-state index < -0.39 is 8.24 Å². The van der Waals surface area contributed by atoms with Crippen LogP contribution in [0.25, 0.3) is 21.9 Å². The number of hydrogen-bond acceptors (Lipinski definition) is 6. The summed E-state index contributed by atoms with van der Waals surface area (Å²) in [5.41, 5.74) is 3.76. The van der Waals surface area contributed by atoms with Gasteiger partial charge < -0.3 is 27.1 Å². The lowest BCUT2D eigenvalue weighted by Gasteiger charge is -2.23. The fourth-order valence-electron chi connectivity index (χ4n) is 4.74. The first-order valence-corrected chi connectivity index (χ1v) is 14.6. The minimum absolute atomic E-state index is 0.200. The Hall–Kier alpha value is -3.24. The predicted octanol–water partition coefficient (Wildman–Crippen LogP) is 10.1. The van der Waals surface area contributed by atoms with Crippen molar-refractivity contribution in [2.24, 2.45) is 0 Å².